The summed E-state index contributed by atoms with van der Waals surface area (Å²) in [5, 5.41) is 20.2. The summed E-state index contributed by atoms with van der Waals surface area (Å²) in [4.78, 5) is 13.1. The van der Waals surface area contributed by atoms with Gasteiger partial charge >= 0.3 is 0 Å². The van der Waals surface area contributed by atoms with Crippen LogP contribution < -0.4 is 10.6 Å². The van der Waals surface area contributed by atoms with Crippen LogP contribution in [0.5, 0.6) is 0 Å². The normalized spacial score (nSPS) is 11.3. The molecule has 2 aromatic carbocycles. The van der Waals surface area contributed by atoms with Crippen LogP contribution in [0, 0.1) is 0 Å². The predicted octanol–water partition coefficient (Wildman–Crippen LogP) is 5.86. The van der Waals surface area contributed by atoms with Crippen molar-refractivity contribution in [2.75, 3.05) is 5.32 Å². The molecule has 0 aliphatic carbocycles. The van der Waals surface area contributed by atoms with Crippen LogP contribution in [0.1, 0.15) is 18.5 Å². The first-order chi connectivity index (χ1) is 17.5. The largest absolute Gasteiger partial charge is 0.457 e. The van der Waals surface area contributed by atoms with Gasteiger partial charge in [0, 0.05) is 34.3 Å². The van der Waals surface area contributed by atoms with Gasteiger partial charge in [0.2, 0.25) is 10.9 Å². The van der Waals surface area contributed by atoms with Gasteiger partial charge in [-0.05, 0) is 66.8 Å². The molecule has 0 unspecified atom stereocenters. The Morgan fingerprint density at radius 1 is 1.14 bits per heavy atom. The van der Waals surface area contributed by atoms with Crippen LogP contribution in [-0.2, 0) is 11.2 Å². The molecule has 0 bridgehead atoms. The molecule has 0 saturated heterocycles. The third-order valence-electron chi connectivity index (χ3n) is 5.13. The summed E-state index contributed by atoms with van der Waals surface area (Å²) >= 11 is 12.7. The molecule has 5 aromatic rings. The van der Waals surface area contributed by atoms with Crippen LogP contribution in [0.3, 0.4) is 0 Å². The molecule has 2 N–H and O–H groups in total. The fourth-order valence-electron chi connectivity index (χ4n) is 3.41. The van der Waals surface area contributed by atoms with Crippen molar-refractivity contribution in [3.8, 4) is 21.9 Å². The van der Waals surface area contributed by atoms with Crippen LogP contribution in [0.25, 0.3) is 32.9 Å². The number of benzene rings is 2. The summed E-state index contributed by atoms with van der Waals surface area (Å²) in [6.45, 7) is 2.01. The van der Waals surface area contributed by atoms with E-state index in [2.05, 4.69) is 25.9 Å². The van der Waals surface area contributed by atoms with Crippen molar-refractivity contribution >= 4 is 62.9 Å². The lowest BCUT2D eigenvalue weighted by atomic mass is 10.2. The van der Waals surface area contributed by atoms with E-state index in [1.54, 1.807) is 28.8 Å². The first-order valence-corrected chi connectivity index (χ1v) is 12.6. The lowest BCUT2D eigenvalue weighted by molar-refractivity contribution is -0.115. The van der Waals surface area contributed by atoms with E-state index in [4.69, 9.17) is 28.2 Å². The van der Waals surface area contributed by atoms with Gasteiger partial charge in [-0.3, -0.25) is 10.1 Å². The van der Waals surface area contributed by atoms with E-state index in [-0.39, 0.29) is 11.0 Å². The van der Waals surface area contributed by atoms with Gasteiger partial charge in [-0.25, -0.2) is 0 Å². The van der Waals surface area contributed by atoms with Crippen molar-refractivity contribution in [1.82, 2.24) is 25.1 Å². The topological polar surface area (TPSA) is 97.3 Å². The van der Waals surface area contributed by atoms with Crippen molar-refractivity contribution in [2.45, 2.75) is 13.3 Å². The fraction of sp³-hybridized carbons (Fsp3) is 0.0800. The molecule has 0 atom stereocenters. The first kappa shape index (κ1) is 23.9. The monoisotopic (exact) mass is 534 g/mol. The SMILES string of the molecule is CCc1nnc2sc(-c3cccc(NC(=S)NC(=O)/C=C/c4ccc(-c5ccc(Cl)cc5)o4)c3)nn12. The number of fused-ring (bicyclic) bond motifs is 1. The molecule has 0 saturated carbocycles. The standard InChI is InChI=1S/C25H19ClN6O2S2/c1-2-21-29-30-25-32(21)31-23(36-25)16-4-3-5-18(14-16)27-24(35)28-22(33)13-11-19-10-12-20(34-19)15-6-8-17(26)9-7-15/h3-14H,2H2,1H3,(H2,27,28,33,35)/b13-11+. The second kappa shape index (κ2) is 10.4. The van der Waals surface area contributed by atoms with E-state index in [9.17, 15) is 4.79 Å². The number of thiocarbonyl (C=S) groups is 1. The van der Waals surface area contributed by atoms with E-state index in [0.717, 1.165) is 39.0 Å². The van der Waals surface area contributed by atoms with Gasteiger partial charge in [0.15, 0.2) is 10.9 Å². The summed E-state index contributed by atoms with van der Waals surface area (Å²) in [5.41, 5.74) is 2.52. The van der Waals surface area contributed by atoms with Crippen LogP contribution in [0.2, 0.25) is 5.02 Å². The van der Waals surface area contributed by atoms with Crippen molar-refractivity contribution in [2.24, 2.45) is 0 Å². The van der Waals surface area contributed by atoms with Gasteiger partial charge in [0.1, 0.15) is 16.5 Å². The Balaban J connectivity index is 1.20. The molecule has 5 rings (SSSR count). The molecule has 1 amide bonds. The van der Waals surface area contributed by atoms with Crippen molar-refractivity contribution < 1.29 is 9.21 Å². The number of nitrogens with one attached hydrogen (secondary N) is 2. The number of aryl methyl sites for hydroxylation is 1. The van der Waals surface area contributed by atoms with Gasteiger partial charge in [-0.2, -0.15) is 9.61 Å². The maximum absolute atomic E-state index is 12.3. The number of aromatic nitrogens is 4. The number of hydrogen-bond acceptors (Lipinski definition) is 7. The van der Waals surface area contributed by atoms with E-state index in [1.165, 1.54) is 17.4 Å². The number of anilines is 1. The third-order valence-corrected chi connectivity index (χ3v) is 6.53. The average molecular weight is 535 g/mol. The molecule has 0 radical (unpaired) electrons. The molecule has 0 aliphatic heterocycles. The Kier molecular flexibility index (Phi) is 6.90. The molecule has 11 heteroatoms. The molecule has 8 nitrogen and oxygen atoms in total. The number of halogens is 1. The Hall–Kier alpha value is -3.86. The second-order valence-corrected chi connectivity index (χ2v) is 9.44. The quantitative estimate of drug-likeness (QED) is 0.208. The smallest absolute Gasteiger partial charge is 0.250 e. The number of amides is 1. The fourth-order valence-corrected chi connectivity index (χ4v) is 4.61. The van der Waals surface area contributed by atoms with Crippen molar-refractivity contribution in [3.05, 3.63) is 83.3 Å². The summed E-state index contributed by atoms with van der Waals surface area (Å²) < 4.78 is 7.53. The highest BCUT2D eigenvalue weighted by Gasteiger charge is 2.12. The Morgan fingerprint density at radius 3 is 2.78 bits per heavy atom. The van der Waals surface area contributed by atoms with Crippen molar-refractivity contribution in [3.63, 3.8) is 0 Å². The zero-order chi connectivity index (χ0) is 25.1. The van der Waals surface area contributed by atoms with E-state index < -0.39 is 0 Å². The number of carbonyl (C=O) groups is 1. The number of nitrogens with zero attached hydrogens (tertiary/aromatic N) is 4. The highest BCUT2D eigenvalue weighted by molar-refractivity contribution is 7.80. The maximum atomic E-state index is 12.3. The molecule has 3 aromatic heterocycles. The number of rotatable bonds is 6. The number of carbonyl (C=O) groups excluding carboxylic acids is 1. The molecule has 180 valence electrons. The Bertz CT molecular complexity index is 1590. The summed E-state index contributed by atoms with van der Waals surface area (Å²) in [6, 6.07) is 18.5. The summed E-state index contributed by atoms with van der Waals surface area (Å²) in [7, 11) is 0. The zero-order valence-electron chi connectivity index (χ0n) is 18.9. The molecular weight excluding hydrogens is 516 g/mol. The maximum Gasteiger partial charge on any atom is 0.250 e. The van der Waals surface area contributed by atoms with E-state index in [1.807, 2.05) is 49.4 Å². The average Bonchev–Trinajstić information content (AvgIpc) is 3.59. The highest BCUT2D eigenvalue weighted by atomic mass is 35.5. The van der Waals surface area contributed by atoms with Gasteiger partial charge < -0.3 is 9.73 Å². The Labute approximate surface area is 220 Å². The Morgan fingerprint density at radius 2 is 1.97 bits per heavy atom. The minimum Gasteiger partial charge on any atom is -0.457 e. The van der Waals surface area contributed by atoms with E-state index >= 15 is 0 Å². The third kappa shape index (κ3) is 5.35. The molecule has 36 heavy (non-hydrogen) atoms. The number of hydrogen-bond donors (Lipinski definition) is 2. The van der Waals surface area contributed by atoms with Crippen LogP contribution in [0.4, 0.5) is 5.69 Å². The lowest BCUT2D eigenvalue weighted by Gasteiger charge is -2.09. The highest BCUT2D eigenvalue weighted by Crippen LogP contribution is 2.28. The lowest BCUT2D eigenvalue weighted by Crippen LogP contribution is -2.32. The van der Waals surface area contributed by atoms with Gasteiger partial charge in [0.25, 0.3) is 0 Å². The minimum atomic E-state index is -0.381. The van der Waals surface area contributed by atoms with Crippen LogP contribution in [0.15, 0.2) is 71.2 Å². The second-order valence-electron chi connectivity index (χ2n) is 7.64. The van der Waals surface area contributed by atoms with Gasteiger partial charge in [-0.15, -0.1) is 10.2 Å². The minimum absolute atomic E-state index is 0.175. The molecule has 0 fully saturated rings. The molecule has 0 aliphatic rings. The van der Waals surface area contributed by atoms with Crippen LogP contribution >= 0.6 is 35.2 Å². The summed E-state index contributed by atoms with van der Waals surface area (Å²) in [6.07, 6.45) is 3.69. The van der Waals surface area contributed by atoms with Crippen molar-refractivity contribution in [1.29, 1.82) is 0 Å². The summed E-state index contributed by atoms with van der Waals surface area (Å²) in [5.74, 6) is 1.65. The molecular formula is C25H19ClN6O2S2. The van der Waals surface area contributed by atoms with E-state index in [0.29, 0.717) is 16.5 Å². The molecule has 0 spiro atoms. The first-order valence-electron chi connectivity index (χ1n) is 11.0. The zero-order valence-corrected chi connectivity index (χ0v) is 21.3. The van der Waals surface area contributed by atoms with Gasteiger partial charge in [0.05, 0.1) is 0 Å². The van der Waals surface area contributed by atoms with Gasteiger partial charge in [-0.1, -0.05) is 42.0 Å². The molecule has 3 heterocycles. The predicted molar refractivity (Wildman–Crippen MR) is 146 cm³/mol. The van der Waals surface area contributed by atoms with Crippen LogP contribution in [-0.4, -0.2) is 30.8 Å². The number of furan rings is 1.